The standard InChI is InChI=1S/C27H26F3N5/c1-17-5-4-11-31-26(17)35-18(2)13-21(19(35)3)15-34-12-10-24-22(16-34)14-32-25(33-24)20-6-8-23(9-7-20)27(28,29)30/h4-9,11,13-14H,10,12,15-16H2,1-3H3. The number of benzene rings is 1. The Morgan fingerprint density at radius 2 is 1.77 bits per heavy atom. The van der Waals surface area contributed by atoms with Crippen molar-refractivity contribution in [2.45, 2.75) is 46.5 Å². The fourth-order valence-corrected chi connectivity index (χ4v) is 4.72. The van der Waals surface area contributed by atoms with Crippen LogP contribution < -0.4 is 0 Å². The molecule has 1 aliphatic heterocycles. The van der Waals surface area contributed by atoms with Crippen molar-refractivity contribution in [3.05, 3.63) is 94.2 Å². The molecule has 1 aromatic carbocycles. The lowest BCUT2D eigenvalue weighted by Crippen LogP contribution is -2.31. The minimum Gasteiger partial charge on any atom is -0.303 e. The van der Waals surface area contributed by atoms with E-state index >= 15 is 0 Å². The maximum Gasteiger partial charge on any atom is 0.416 e. The molecule has 0 bridgehead atoms. The molecule has 180 valence electrons. The molecule has 0 aliphatic carbocycles. The number of aromatic nitrogens is 4. The SMILES string of the molecule is Cc1cccnc1-n1c(C)cc(CN2CCc3nc(-c4ccc(C(F)(F)F)cc4)ncc3C2)c1C. The molecule has 8 heteroatoms. The first-order valence-corrected chi connectivity index (χ1v) is 11.6. The number of alkyl halides is 3. The number of aryl methyl sites for hydroxylation is 2. The molecule has 0 amide bonds. The highest BCUT2D eigenvalue weighted by Gasteiger charge is 2.30. The Morgan fingerprint density at radius 1 is 1.00 bits per heavy atom. The number of rotatable bonds is 4. The molecule has 0 fully saturated rings. The number of fused-ring (bicyclic) bond motifs is 1. The van der Waals surface area contributed by atoms with Gasteiger partial charge < -0.3 is 4.57 Å². The fourth-order valence-electron chi connectivity index (χ4n) is 4.72. The summed E-state index contributed by atoms with van der Waals surface area (Å²) in [7, 11) is 0. The highest BCUT2D eigenvalue weighted by molar-refractivity contribution is 5.56. The van der Waals surface area contributed by atoms with Gasteiger partial charge in [0.15, 0.2) is 5.82 Å². The maximum atomic E-state index is 12.9. The monoisotopic (exact) mass is 477 g/mol. The molecule has 0 saturated carbocycles. The van der Waals surface area contributed by atoms with Gasteiger partial charge in [0, 0.05) is 61.0 Å². The molecule has 4 heterocycles. The number of nitrogens with zero attached hydrogens (tertiary/aromatic N) is 5. The Kier molecular flexibility index (Phi) is 5.92. The van der Waals surface area contributed by atoms with E-state index in [2.05, 4.69) is 57.3 Å². The summed E-state index contributed by atoms with van der Waals surface area (Å²) in [6, 6.07) is 11.2. The smallest absolute Gasteiger partial charge is 0.303 e. The average Bonchev–Trinajstić information content (AvgIpc) is 3.11. The highest BCUT2D eigenvalue weighted by Crippen LogP contribution is 2.31. The quantitative estimate of drug-likeness (QED) is 0.371. The molecule has 0 saturated heterocycles. The van der Waals surface area contributed by atoms with Gasteiger partial charge in [-0.25, -0.2) is 15.0 Å². The first kappa shape index (κ1) is 23.2. The first-order chi connectivity index (χ1) is 16.7. The minimum absolute atomic E-state index is 0.459. The average molecular weight is 478 g/mol. The van der Waals surface area contributed by atoms with Gasteiger partial charge in [-0.2, -0.15) is 13.2 Å². The molecule has 5 nitrogen and oxygen atoms in total. The minimum atomic E-state index is -4.35. The molecule has 0 N–H and O–H groups in total. The highest BCUT2D eigenvalue weighted by atomic mass is 19.4. The van der Waals surface area contributed by atoms with Crippen LogP contribution in [0.2, 0.25) is 0 Å². The zero-order valence-corrected chi connectivity index (χ0v) is 19.9. The van der Waals surface area contributed by atoms with E-state index in [0.717, 1.165) is 66.5 Å². The van der Waals surface area contributed by atoms with E-state index in [0.29, 0.717) is 11.4 Å². The van der Waals surface area contributed by atoms with Crippen molar-refractivity contribution in [2.75, 3.05) is 6.54 Å². The molecule has 0 spiro atoms. The Balaban J connectivity index is 1.33. The van der Waals surface area contributed by atoms with Gasteiger partial charge in [-0.1, -0.05) is 18.2 Å². The van der Waals surface area contributed by atoms with E-state index in [4.69, 9.17) is 0 Å². The van der Waals surface area contributed by atoms with Gasteiger partial charge in [-0.15, -0.1) is 0 Å². The topological polar surface area (TPSA) is 46.8 Å². The summed E-state index contributed by atoms with van der Waals surface area (Å²) in [5.41, 5.74) is 6.66. The third-order valence-corrected chi connectivity index (χ3v) is 6.61. The summed E-state index contributed by atoms with van der Waals surface area (Å²) in [5.74, 6) is 1.42. The Hall–Kier alpha value is -3.52. The van der Waals surface area contributed by atoms with Gasteiger partial charge in [0.1, 0.15) is 5.82 Å². The van der Waals surface area contributed by atoms with Crippen LogP contribution in [0, 0.1) is 20.8 Å². The van der Waals surface area contributed by atoms with Crippen LogP contribution in [0.3, 0.4) is 0 Å². The van der Waals surface area contributed by atoms with Crippen LogP contribution in [0.15, 0.2) is 54.9 Å². The van der Waals surface area contributed by atoms with Gasteiger partial charge >= 0.3 is 6.18 Å². The van der Waals surface area contributed by atoms with Crippen LogP contribution in [0.25, 0.3) is 17.2 Å². The largest absolute Gasteiger partial charge is 0.416 e. The van der Waals surface area contributed by atoms with E-state index in [1.807, 2.05) is 18.5 Å². The molecular formula is C27H26F3N5. The molecule has 3 aromatic heterocycles. The van der Waals surface area contributed by atoms with Crippen LogP contribution in [-0.4, -0.2) is 31.0 Å². The van der Waals surface area contributed by atoms with E-state index in [1.165, 1.54) is 23.4 Å². The normalized spacial score (nSPS) is 14.2. The van der Waals surface area contributed by atoms with Crippen molar-refractivity contribution in [1.82, 2.24) is 24.4 Å². The lowest BCUT2D eigenvalue weighted by atomic mass is 10.1. The Morgan fingerprint density at radius 3 is 2.49 bits per heavy atom. The number of hydrogen-bond donors (Lipinski definition) is 0. The third kappa shape index (κ3) is 4.58. The summed E-state index contributed by atoms with van der Waals surface area (Å²) in [6.45, 7) is 8.70. The molecule has 0 radical (unpaired) electrons. The zero-order chi connectivity index (χ0) is 24.7. The zero-order valence-electron chi connectivity index (χ0n) is 19.9. The summed E-state index contributed by atoms with van der Waals surface area (Å²) < 4.78 is 40.8. The van der Waals surface area contributed by atoms with E-state index in [1.54, 1.807) is 0 Å². The lowest BCUT2D eigenvalue weighted by molar-refractivity contribution is -0.137. The fraction of sp³-hybridized carbons (Fsp3) is 0.296. The first-order valence-electron chi connectivity index (χ1n) is 11.6. The predicted octanol–water partition coefficient (Wildman–Crippen LogP) is 5.83. The van der Waals surface area contributed by atoms with Crippen LogP contribution in [0.4, 0.5) is 13.2 Å². The van der Waals surface area contributed by atoms with Crippen molar-refractivity contribution in [2.24, 2.45) is 0 Å². The van der Waals surface area contributed by atoms with Crippen molar-refractivity contribution >= 4 is 0 Å². The molecular weight excluding hydrogens is 451 g/mol. The molecule has 0 unspecified atom stereocenters. The van der Waals surface area contributed by atoms with Crippen molar-refractivity contribution in [3.8, 4) is 17.2 Å². The van der Waals surface area contributed by atoms with Crippen molar-refractivity contribution < 1.29 is 13.2 Å². The van der Waals surface area contributed by atoms with Gasteiger partial charge in [0.2, 0.25) is 0 Å². The van der Waals surface area contributed by atoms with E-state index < -0.39 is 11.7 Å². The molecule has 0 atom stereocenters. The van der Waals surface area contributed by atoms with Gasteiger partial charge in [0.05, 0.1) is 11.3 Å². The van der Waals surface area contributed by atoms with E-state index in [9.17, 15) is 13.2 Å². The number of halogens is 3. The lowest BCUT2D eigenvalue weighted by Gasteiger charge is -2.28. The third-order valence-electron chi connectivity index (χ3n) is 6.61. The van der Waals surface area contributed by atoms with Crippen LogP contribution >= 0.6 is 0 Å². The maximum absolute atomic E-state index is 12.9. The second-order valence-electron chi connectivity index (χ2n) is 9.08. The van der Waals surface area contributed by atoms with Gasteiger partial charge in [-0.05, 0) is 56.2 Å². The second-order valence-corrected chi connectivity index (χ2v) is 9.08. The van der Waals surface area contributed by atoms with E-state index in [-0.39, 0.29) is 0 Å². The van der Waals surface area contributed by atoms with Gasteiger partial charge in [-0.3, -0.25) is 4.90 Å². The summed E-state index contributed by atoms with van der Waals surface area (Å²) in [6.07, 6.45) is 0.0417. The Labute approximate surface area is 202 Å². The van der Waals surface area contributed by atoms with Gasteiger partial charge in [0.25, 0.3) is 0 Å². The molecule has 5 rings (SSSR count). The summed E-state index contributed by atoms with van der Waals surface area (Å²) in [4.78, 5) is 16.1. The molecule has 1 aliphatic rings. The van der Waals surface area contributed by atoms with Crippen LogP contribution in [0.1, 0.15) is 39.3 Å². The molecule has 35 heavy (non-hydrogen) atoms. The number of pyridine rings is 1. The summed E-state index contributed by atoms with van der Waals surface area (Å²) >= 11 is 0. The molecule has 4 aromatic rings. The second kappa shape index (κ2) is 8.92. The number of hydrogen-bond acceptors (Lipinski definition) is 4. The Bertz CT molecular complexity index is 1370. The predicted molar refractivity (Wildman–Crippen MR) is 128 cm³/mol. The van der Waals surface area contributed by atoms with Crippen molar-refractivity contribution in [3.63, 3.8) is 0 Å². The summed E-state index contributed by atoms with van der Waals surface area (Å²) in [5, 5.41) is 0. The van der Waals surface area contributed by atoms with Crippen LogP contribution in [-0.2, 0) is 25.7 Å². The van der Waals surface area contributed by atoms with Crippen LogP contribution in [0.5, 0.6) is 0 Å². The van der Waals surface area contributed by atoms with Crippen molar-refractivity contribution in [1.29, 1.82) is 0 Å².